The van der Waals surface area contributed by atoms with Crippen molar-refractivity contribution in [2.24, 2.45) is 0 Å². The fraction of sp³-hybridized carbons (Fsp3) is 0.133. The lowest BCUT2D eigenvalue weighted by Gasteiger charge is -2.10. The fourth-order valence-electron chi connectivity index (χ4n) is 1.74. The number of sulfonamides is 1. The second kappa shape index (κ2) is 6.81. The monoisotopic (exact) mass is 339 g/mol. The molecule has 0 radical (unpaired) electrons. The van der Waals surface area contributed by atoms with Gasteiger partial charge >= 0.3 is 5.97 Å². The van der Waals surface area contributed by atoms with Crippen molar-refractivity contribution in [1.82, 2.24) is 0 Å². The number of rotatable bonds is 5. The standard InChI is InChI=1S/C15H14ClNO4S/c1-2-21-15(18)11-8-9-14(13(16)10-11)17-22(19,20)12-6-4-3-5-7-12/h3-10,17H,2H2,1H3. The van der Waals surface area contributed by atoms with Gasteiger partial charge in [0.25, 0.3) is 10.0 Å². The number of esters is 1. The topological polar surface area (TPSA) is 72.5 Å². The highest BCUT2D eigenvalue weighted by Crippen LogP contribution is 2.26. The van der Waals surface area contributed by atoms with Crippen LogP contribution in [0.3, 0.4) is 0 Å². The van der Waals surface area contributed by atoms with E-state index in [1.54, 1.807) is 25.1 Å². The van der Waals surface area contributed by atoms with Gasteiger partial charge in [0.15, 0.2) is 0 Å². The summed E-state index contributed by atoms with van der Waals surface area (Å²) in [6.07, 6.45) is 0. The third-order valence-corrected chi connectivity index (χ3v) is 4.47. The zero-order chi connectivity index (χ0) is 16.2. The van der Waals surface area contributed by atoms with E-state index in [1.165, 1.54) is 30.3 Å². The molecular formula is C15H14ClNO4S. The van der Waals surface area contributed by atoms with Crippen molar-refractivity contribution in [3.8, 4) is 0 Å². The average Bonchev–Trinajstić information content (AvgIpc) is 2.50. The van der Waals surface area contributed by atoms with Gasteiger partial charge in [0.2, 0.25) is 0 Å². The Morgan fingerprint density at radius 3 is 2.45 bits per heavy atom. The van der Waals surface area contributed by atoms with Crippen LogP contribution in [0.1, 0.15) is 17.3 Å². The third kappa shape index (κ3) is 3.78. The molecule has 1 N–H and O–H groups in total. The van der Waals surface area contributed by atoms with E-state index in [4.69, 9.17) is 16.3 Å². The van der Waals surface area contributed by atoms with E-state index in [0.717, 1.165) is 0 Å². The van der Waals surface area contributed by atoms with Crippen LogP contribution in [-0.2, 0) is 14.8 Å². The van der Waals surface area contributed by atoms with Crippen LogP contribution in [0.15, 0.2) is 53.4 Å². The van der Waals surface area contributed by atoms with Crippen LogP contribution in [0.4, 0.5) is 5.69 Å². The van der Waals surface area contributed by atoms with Gasteiger partial charge in [0, 0.05) is 0 Å². The first kappa shape index (κ1) is 16.3. The van der Waals surface area contributed by atoms with Crippen LogP contribution in [0.2, 0.25) is 5.02 Å². The minimum atomic E-state index is -3.73. The SMILES string of the molecule is CCOC(=O)c1ccc(NS(=O)(=O)c2ccccc2)c(Cl)c1. The van der Waals surface area contributed by atoms with Gasteiger partial charge in [-0.25, -0.2) is 13.2 Å². The predicted molar refractivity (Wildman–Crippen MR) is 84.7 cm³/mol. The zero-order valence-corrected chi connectivity index (χ0v) is 13.3. The number of ether oxygens (including phenoxy) is 1. The summed E-state index contributed by atoms with van der Waals surface area (Å²) in [7, 11) is -3.73. The Labute approximate surface area is 133 Å². The number of anilines is 1. The first-order valence-electron chi connectivity index (χ1n) is 6.48. The molecular weight excluding hydrogens is 326 g/mol. The summed E-state index contributed by atoms with van der Waals surface area (Å²) in [6, 6.07) is 12.2. The predicted octanol–water partition coefficient (Wildman–Crippen LogP) is 3.32. The summed E-state index contributed by atoms with van der Waals surface area (Å²) < 4.78 is 31.7. The highest BCUT2D eigenvalue weighted by atomic mass is 35.5. The van der Waals surface area contributed by atoms with Crippen LogP contribution in [-0.4, -0.2) is 21.0 Å². The first-order valence-corrected chi connectivity index (χ1v) is 8.34. The van der Waals surface area contributed by atoms with E-state index in [9.17, 15) is 13.2 Å². The molecule has 0 saturated carbocycles. The Balaban J connectivity index is 2.26. The highest BCUT2D eigenvalue weighted by molar-refractivity contribution is 7.92. The van der Waals surface area contributed by atoms with Gasteiger partial charge in [-0.15, -0.1) is 0 Å². The average molecular weight is 340 g/mol. The molecule has 116 valence electrons. The lowest BCUT2D eigenvalue weighted by Crippen LogP contribution is -2.13. The Hall–Kier alpha value is -2.05. The molecule has 0 aromatic heterocycles. The van der Waals surface area contributed by atoms with Gasteiger partial charge in [-0.2, -0.15) is 0 Å². The molecule has 2 rings (SSSR count). The minimum absolute atomic E-state index is 0.116. The molecule has 0 unspecified atom stereocenters. The van der Waals surface area contributed by atoms with Crippen molar-refractivity contribution < 1.29 is 17.9 Å². The van der Waals surface area contributed by atoms with Crippen molar-refractivity contribution in [3.05, 3.63) is 59.1 Å². The van der Waals surface area contributed by atoms with Gasteiger partial charge in [-0.1, -0.05) is 29.8 Å². The lowest BCUT2D eigenvalue weighted by molar-refractivity contribution is 0.0526. The van der Waals surface area contributed by atoms with Gasteiger partial charge < -0.3 is 4.74 Å². The van der Waals surface area contributed by atoms with Crippen molar-refractivity contribution in [3.63, 3.8) is 0 Å². The normalized spacial score (nSPS) is 11.0. The molecule has 0 aliphatic carbocycles. The maximum absolute atomic E-state index is 12.2. The number of carbonyl (C=O) groups excluding carboxylic acids is 1. The summed E-state index contributed by atoms with van der Waals surface area (Å²) in [6.45, 7) is 1.95. The van der Waals surface area contributed by atoms with E-state index in [2.05, 4.69) is 4.72 Å². The molecule has 5 nitrogen and oxygen atoms in total. The molecule has 0 aliphatic rings. The molecule has 2 aromatic carbocycles. The van der Waals surface area contributed by atoms with E-state index < -0.39 is 16.0 Å². The summed E-state index contributed by atoms with van der Waals surface area (Å²) in [5.74, 6) is -0.512. The Morgan fingerprint density at radius 1 is 1.18 bits per heavy atom. The highest BCUT2D eigenvalue weighted by Gasteiger charge is 2.16. The molecule has 0 saturated heterocycles. The Bertz CT molecular complexity index is 775. The molecule has 0 fully saturated rings. The van der Waals surface area contributed by atoms with Crippen molar-refractivity contribution in [1.29, 1.82) is 0 Å². The Morgan fingerprint density at radius 2 is 1.86 bits per heavy atom. The largest absolute Gasteiger partial charge is 0.462 e. The van der Waals surface area contributed by atoms with Crippen LogP contribution in [0.5, 0.6) is 0 Å². The second-order valence-corrected chi connectivity index (χ2v) is 6.42. The number of hydrogen-bond acceptors (Lipinski definition) is 4. The zero-order valence-electron chi connectivity index (χ0n) is 11.7. The summed E-state index contributed by atoms with van der Waals surface area (Å²) in [5, 5.41) is 0.116. The van der Waals surface area contributed by atoms with Crippen LogP contribution in [0.25, 0.3) is 0 Å². The van der Waals surface area contributed by atoms with E-state index in [1.807, 2.05) is 0 Å². The second-order valence-electron chi connectivity index (χ2n) is 4.33. The van der Waals surface area contributed by atoms with Crippen LogP contribution in [0, 0.1) is 0 Å². The van der Waals surface area contributed by atoms with E-state index >= 15 is 0 Å². The lowest BCUT2D eigenvalue weighted by atomic mass is 10.2. The molecule has 22 heavy (non-hydrogen) atoms. The van der Waals surface area contributed by atoms with E-state index in [-0.39, 0.29) is 27.8 Å². The molecule has 0 amide bonds. The summed E-state index contributed by atoms with van der Waals surface area (Å²) in [5.41, 5.74) is 0.452. The van der Waals surface area contributed by atoms with Gasteiger partial charge in [-0.3, -0.25) is 4.72 Å². The molecule has 7 heteroatoms. The summed E-state index contributed by atoms with van der Waals surface area (Å²) in [4.78, 5) is 11.7. The number of benzene rings is 2. The smallest absolute Gasteiger partial charge is 0.338 e. The van der Waals surface area contributed by atoms with Crippen molar-refractivity contribution in [2.75, 3.05) is 11.3 Å². The van der Waals surface area contributed by atoms with Crippen LogP contribution >= 0.6 is 11.6 Å². The number of carbonyl (C=O) groups is 1. The molecule has 0 bridgehead atoms. The maximum atomic E-state index is 12.2. The molecule has 0 aliphatic heterocycles. The molecule has 0 heterocycles. The van der Waals surface area contributed by atoms with Gasteiger partial charge in [0.1, 0.15) is 0 Å². The number of nitrogens with one attached hydrogen (secondary N) is 1. The van der Waals surface area contributed by atoms with Crippen molar-refractivity contribution >= 4 is 33.3 Å². The molecule has 0 spiro atoms. The maximum Gasteiger partial charge on any atom is 0.338 e. The Kier molecular flexibility index (Phi) is 5.05. The number of halogens is 1. The van der Waals surface area contributed by atoms with E-state index in [0.29, 0.717) is 0 Å². The molecule has 0 atom stereocenters. The summed E-state index contributed by atoms with van der Waals surface area (Å²) >= 11 is 6.03. The van der Waals surface area contributed by atoms with Gasteiger partial charge in [0.05, 0.1) is 27.8 Å². The fourth-order valence-corrected chi connectivity index (χ4v) is 3.13. The minimum Gasteiger partial charge on any atom is -0.462 e. The number of hydrogen-bond donors (Lipinski definition) is 1. The quantitative estimate of drug-likeness (QED) is 0.848. The van der Waals surface area contributed by atoms with Crippen molar-refractivity contribution in [2.45, 2.75) is 11.8 Å². The van der Waals surface area contributed by atoms with Gasteiger partial charge in [-0.05, 0) is 37.3 Å². The molecule has 2 aromatic rings. The van der Waals surface area contributed by atoms with Crippen LogP contribution < -0.4 is 4.72 Å². The first-order chi connectivity index (χ1) is 10.4. The third-order valence-electron chi connectivity index (χ3n) is 2.78.